The van der Waals surface area contributed by atoms with E-state index in [1.807, 2.05) is 24.3 Å². The van der Waals surface area contributed by atoms with Crippen molar-refractivity contribution in [2.45, 2.75) is 5.03 Å². The third kappa shape index (κ3) is 3.81. The van der Waals surface area contributed by atoms with E-state index in [0.717, 1.165) is 10.0 Å². The molecule has 0 aliphatic rings. The summed E-state index contributed by atoms with van der Waals surface area (Å²) >= 11 is 9.92. The van der Waals surface area contributed by atoms with Crippen molar-refractivity contribution in [3.05, 3.63) is 51.0 Å². The number of aromatic amines is 1. The Morgan fingerprint density at radius 1 is 1.35 bits per heavy atom. The molecule has 1 N–H and O–H groups in total. The molecule has 0 saturated heterocycles. The molecule has 0 spiro atoms. The molecule has 0 unspecified atom stereocenters. The Kier molecular flexibility index (Phi) is 5.22. The molecule has 0 bridgehead atoms. The minimum absolute atomic E-state index is 0.0169. The van der Waals surface area contributed by atoms with E-state index in [0.29, 0.717) is 8.96 Å². The van der Waals surface area contributed by atoms with Crippen molar-refractivity contribution < 1.29 is 8.42 Å². The Labute approximate surface area is 142 Å². The van der Waals surface area contributed by atoms with E-state index >= 15 is 0 Å². The summed E-state index contributed by atoms with van der Waals surface area (Å²) in [6, 6.07) is 7.58. The molecule has 0 amide bonds. The van der Waals surface area contributed by atoms with Crippen molar-refractivity contribution in [3.8, 4) is 0 Å². The van der Waals surface area contributed by atoms with E-state index in [-0.39, 0.29) is 10.8 Å². The molecule has 1 aromatic carbocycles. The minimum Gasteiger partial charge on any atom is -0.283 e. The summed E-state index contributed by atoms with van der Waals surface area (Å²) in [5.74, 6) is -0.135. The Bertz CT molecular complexity index is 754. The average molecular weight is 485 g/mol. The maximum absolute atomic E-state index is 12.1. The molecule has 0 atom stereocenters. The number of hydrogen-bond acceptors (Lipinski definition) is 3. The van der Waals surface area contributed by atoms with Gasteiger partial charge in [0.25, 0.3) is 0 Å². The van der Waals surface area contributed by atoms with Gasteiger partial charge in [-0.25, -0.2) is 8.42 Å². The topological polar surface area (TPSA) is 62.8 Å². The molecule has 20 heavy (non-hydrogen) atoms. The highest BCUT2D eigenvalue weighted by molar-refractivity contribution is 9.15. The lowest BCUT2D eigenvalue weighted by Gasteiger charge is -2.02. The summed E-state index contributed by atoms with van der Waals surface area (Å²) in [7, 11) is -3.47. The summed E-state index contributed by atoms with van der Waals surface area (Å²) in [5, 5.41) is 6.27. The molecular formula is C12H9Br3N2O2S. The van der Waals surface area contributed by atoms with Crippen molar-refractivity contribution in [2.24, 2.45) is 0 Å². The molecule has 2 rings (SSSR count). The van der Waals surface area contributed by atoms with Gasteiger partial charge in [-0.1, -0.05) is 50.1 Å². The quantitative estimate of drug-likeness (QED) is 0.709. The van der Waals surface area contributed by atoms with Crippen LogP contribution in [0.5, 0.6) is 0 Å². The summed E-state index contributed by atoms with van der Waals surface area (Å²) in [6.07, 6.45) is 3.10. The second-order valence-electron chi connectivity index (χ2n) is 3.88. The molecule has 1 heterocycles. The number of nitrogens with one attached hydrogen (secondary N) is 1. The molecule has 106 valence electrons. The first-order valence-corrected chi connectivity index (χ1v) is 9.47. The van der Waals surface area contributed by atoms with Gasteiger partial charge in [0, 0.05) is 15.2 Å². The Hall–Kier alpha value is -0.440. The third-order valence-corrected chi connectivity index (χ3v) is 6.09. The molecule has 1 aromatic heterocycles. The summed E-state index contributed by atoms with van der Waals surface area (Å²) in [4.78, 5) is 0. The van der Waals surface area contributed by atoms with Crippen LogP contribution in [0.2, 0.25) is 0 Å². The summed E-state index contributed by atoms with van der Waals surface area (Å²) < 4.78 is 26.3. The SMILES string of the molecule is O=S(=O)(CC=C(Br)c1cccc(Br)c1)c1n[nH]cc1Br. The van der Waals surface area contributed by atoms with E-state index < -0.39 is 9.84 Å². The lowest BCUT2D eigenvalue weighted by molar-refractivity contribution is 0.594. The molecule has 0 aliphatic heterocycles. The molecular weight excluding hydrogens is 476 g/mol. The van der Waals surface area contributed by atoms with Crippen molar-refractivity contribution in [1.29, 1.82) is 0 Å². The van der Waals surface area contributed by atoms with Crippen LogP contribution in [0.15, 0.2) is 50.5 Å². The zero-order valence-electron chi connectivity index (χ0n) is 9.98. The highest BCUT2D eigenvalue weighted by Crippen LogP contribution is 2.25. The highest BCUT2D eigenvalue weighted by Gasteiger charge is 2.19. The molecule has 4 nitrogen and oxygen atoms in total. The predicted octanol–water partition coefficient (Wildman–Crippen LogP) is 4.14. The van der Waals surface area contributed by atoms with Crippen LogP contribution in [-0.2, 0) is 9.84 Å². The van der Waals surface area contributed by atoms with Crippen LogP contribution < -0.4 is 0 Å². The summed E-state index contributed by atoms with van der Waals surface area (Å²) in [5.41, 5.74) is 0.899. The van der Waals surface area contributed by atoms with Crippen molar-refractivity contribution in [3.63, 3.8) is 0 Å². The van der Waals surface area contributed by atoms with Gasteiger partial charge >= 0.3 is 0 Å². The van der Waals surface area contributed by atoms with Gasteiger partial charge in [0.1, 0.15) is 0 Å². The van der Waals surface area contributed by atoms with Gasteiger partial charge in [0.15, 0.2) is 5.03 Å². The Morgan fingerprint density at radius 3 is 2.70 bits per heavy atom. The van der Waals surface area contributed by atoms with Crippen LogP contribution in [0.1, 0.15) is 5.56 Å². The standard InChI is InChI=1S/C12H9Br3N2O2S/c13-9-3-1-2-8(6-9)10(14)4-5-20(18,19)12-11(15)7-16-17-12/h1-4,6-7H,5H2,(H,16,17). The fraction of sp³-hybridized carbons (Fsp3) is 0.0833. The maximum atomic E-state index is 12.1. The van der Waals surface area contributed by atoms with Crippen molar-refractivity contribution in [1.82, 2.24) is 10.2 Å². The zero-order chi connectivity index (χ0) is 14.8. The van der Waals surface area contributed by atoms with Crippen LogP contribution in [0.3, 0.4) is 0 Å². The maximum Gasteiger partial charge on any atom is 0.202 e. The number of rotatable bonds is 4. The monoisotopic (exact) mass is 482 g/mol. The predicted molar refractivity (Wildman–Crippen MR) is 89.4 cm³/mol. The van der Waals surface area contributed by atoms with Gasteiger partial charge in [0.05, 0.1) is 10.2 Å². The number of benzene rings is 1. The fourth-order valence-electron chi connectivity index (χ4n) is 1.50. The van der Waals surface area contributed by atoms with Gasteiger partial charge in [-0.3, -0.25) is 5.10 Å². The molecule has 0 saturated carbocycles. The smallest absolute Gasteiger partial charge is 0.202 e. The molecule has 2 aromatic rings. The summed E-state index contributed by atoms with van der Waals surface area (Å²) in [6.45, 7) is 0. The lowest BCUT2D eigenvalue weighted by Crippen LogP contribution is -2.06. The van der Waals surface area contributed by atoms with E-state index in [1.165, 1.54) is 6.20 Å². The first-order chi connectivity index (χ1) is 9.40. The second kappa shape index (κ2) is 6.55. The van der Waals surface area contributed by atoms with Crippen LogP contribution in [0.4, 0.5) is 0 Å². The third-order valence-electron chi connectivity index (χ3n) is 2.44. The second-order valence-corrected chi connectivity index (χ2v) is 8.46. The van der Waals surface area contributed by atoms with E-state index in [4.69, 9.17) is 0 Å². The van der Waals surface area contributed by atoms with Crippen LogP contribution in [0, 0.1) is 0 Å². The van der Waals surface area contributed by atoms with Gasteiger partial charge < -0.3 is 0 Å². The van der Waals surface area contributed by atoms with Crippen LogP contribution in [-0.4, -0.2) is 24.4 Å². The number of H-pyrrole nitrogens is 1. The Balaban J connectivity index is 2.23. The van der Waals surface area contributed by atoms with Gasteiger partial charge in [-0.15, -0.1) is 0 Å². The number of halogens is 3. The van der Waals surface area contributed by atoms with E-state index in [2.05, 4.69) is 58.0 Å². The largest absolute Gasteiger partial charge is 0.283 e. The van der Waals surface area contributed by atoms with Gasteiger partial charge in [-0.05, 0) is 33.6 Å². The van der Waals surface area contributed by atoms with Gasteiger partial charge in [-0.2, -0.15) is 5.10 Å². The number of aromatic nitrogens is 2. The fourth-order valence-corrected chi connectivity index (χ4v) is 4.54. The highest BCUT2D eigenvalue weighted by atomic mass is 79.9. The van der Waals surface area contributed by atoms with E-state index in [1.54, 1.807) is 6.08 Å². The molecule has 0 fully saturated rings. The zero-order valence-corrected chi connectivity index (χ0v) is 15.6. The van der Waals surface area contributed by atoms with Crippen LogP contribution in [0.25, 0.3) is 4.48 Å². The van der Waals surface area contributed by atoms with Crippen LogP contribution >= 0.6 is 47.8 Å². The van der Waals surface area contributed by atoms with Crippen molar-refractivity contribution in [2.75, 3.05) is 5.75 Å². The average Bonchev–Trinajstić information content (AvgIpc) is 2.83. The minimum atomic E-state index is -3.47. The number of hydrogen-bond donors (Lipinski definition) is 1. The number of nitrogens with zero attached hydrogens (tertiary/aromatic N) is 1. The van der Waals surface area contributed by atoms with Gasteiger partial charge in [0.2, 0.25) is 9.84 Å². The first kappa shape index (κ1) is 15.9. The van der Waals surface area contributed by atoms with Crippen molar-refractivity contribution >= 4 is 62.1 Å². The normalized spacial score (nSPS) is 12.7. The number of sulfone groups is 1. The molecule has 8 heteroatoms. The lowest BCUT2D eigenvalue weighted by atomic mass is 10.2. The first-order valence-electron chi connectivity index (χ1n) is 5.44. The van der Waals surface area contributed by atoms with E-state index in [9.17, 15) is 8.42 Å². The molecule has 0 radical (unpaired) electrons. The molecule has 0 aliphatic carbocycles. The Morgan fingerprint density at radius 2 is 2.10 bits per heavy atom.